The fraction of sp³-hybridized carbons (Fsp3) is 0.636. The molecule has 5 rings (SSSR count). The highest BCUT2D eigenvalue weighted by atomic mass is 19.4. The first-order valence-corrected chi connectivity index (χ1v) is 11.1. The third-order valence-electron chi connectivity index (χ3n) is 7.48. The average molecular weight is 451 g/mol. The second kappa shape index (κ2) is 7.71. The maximum absolute atomic E-state index is 13.9. The second-order valence-electron chi connectivity index (χ2n) is 9.44. The number of benzene rings is 1. The van der Waals surface area contributed by atoms with Crippen molar-refractivity contribution in [1.29, 1.82) is 0 Å². The van der Waals surface area contributed by atoms with E-state index in [1.54, 1.807) is 4.90 Å². The molecule has 2 aromatic rings. The van der Waals surface area contributed by atoms with Crippen molar-refractivity contribution in [3.05, 3.63) is 24.3 Å². The molecule has 0 radical (unpaired) electrons. The predicted molar refractivity (Wildman–Crippen MR) is 115 cm³/mol. The standard InChI is InChI=1S/C22H28F3N5O2/c23-22(24,25)21-11-20(21,14-31)12-30(13-21)18-16-3-1-2-4-17(16)27-19(28-18)26-7-10-29-8-5-15(32)6-9-29/h1-4,15,31-32H,5-14H2,(H,26,27,28)/t20-,21-/m1/s1. The van der Waals surface area contributed by atoms with Crippen molar-refractivity contribution >= 4 is 22.7 Å². The van der Waals surface area contributed by atoms with E-state index in [1.165, 1.54) is 0 Å². The molecule has 3 aliphatic rings. The van der Waals surface area contributed by atoms with Gasteiger partial charge < -0.3 is 25.3 Å². The molecule has 0 amide bonds. The van der Waals surface area contributed by atoms with Crippen LogP contribution in [-0.2, 0) is 0 Å². The van der Waals surface area contributed by atoms with Gasteiger partial charge in [-0.25, -0.2) is 4.98 Å². The predicted octanol–water partition coefficient (Wildman–Crippen LogP) is 2.25. The van der Waals surface area contributed by atoms with Crippen LogP contribution in [0.5, 0.6) is 0 Å². The number of nitrogens with zero attached hydrogens (tertiary/aromatic N) is 4. The summed E-state index contributed by atoms with van der Waals surface area (Å²) >= 11 is 0. The van der Waals surface area contributed by atoms with E-state index in [1.807, 2.05) is 24.3 Å². The van der Waals surface area contributed by atoms with Gasteiger partial charge in [0.2, 0.25) is 5.95 Å². The molecule has 3 N–H and O–H groups in total. The monoisotopic (exact) mass is 451 g/mol. The minimum Gasteiger partial charge on any atom is -0.396 e. The molecule has 32 heavy (non-hydrogen) atoms. The van der Waals surface area contributed by atoms with E-state index in [4.69, 9.17) is 0 Å². The minimum atomic E-state index is -4.36. The van der Waals surface area contributed by atoms with E-state index in [0.29, 0.717) is 29.2 Å². The van der Waals surface area contributed by atoms with Crippen molar-refractivity contribution in [2.75, 3.05) is 56.1 Å². The number of alkyl halides is 3. The van der Waals surface area contributed by atoms with Gasteiger partial charge in [-0.05, 0) is 31.4 Å². The lowest BCUT2D eigenvalue weighted by atomic mass is 9.97. The van der Waals surface area contributed by atoms with Gasteiger partial charge in [-0.2, -0.15) is 18.2 Å². The maximum atomic E-state index is 13.9. The van der Waals surface area contributed by atoms with Gasteiger partial charge in [-0.15, -0.1) is 0 Å². The molecule has 10 heteroatoms. The Balaban J connectivity index is 1.37. The Morgan fingerprint density at radius 1 is 1.12 bits per heavy atom. The summed E-state index contributed by atoms with van der Waals surface area (Å²) in [7, 11) is 0. The van der Waals surface area contributed by atoms with Gasteiger partial charge in [-0.3, -0.25) is 0 Å². The van der Waals surface area contributed by atoms with E-state index >= 15 is 0 Å². The maximum Gasteiger partial charge on any atom is 0.396 e. The Kier molecular flexibility index (Phi) is 5.22. The van der Waals surface area contributed by atoms with Crippen molar-refractivity contribution in [3.63, 3.8) is 0 Å². The summed E-state index contributed by atoms with van der Waals surface area (Å²) in [6.07, 6.45) is -3.09. The largest absolute Gasteiger partial charge is 0.396 e. The molecule has 2 atom stereocenters. The van der Waals surface area contributed by atoms with Crippen LogP contribution in [0.25, 0.3) is 10.9 Å². The minimum absolute atomic E-state index is 0.0326. The third kappa shape index (κ3) is 3.48. The van der Waals surface area contributed by atoms with Crippen LogP contribution in [0.1, 0.15) is 19.3 Å². The van der Waals surface area contributed by atoms with Gasteiger partial charge in [0, 0.05) is 50.1 Å². The number of hydrogen-bond acceptors (Lipinski definition) is 7. The number of likely N-dealkylation sites (tertiary alicyclic amines) is 1. The number of aliphatic hydroxyl groups is 2. The second-order valence-corrected chi connectivity index (χ2v) is 9.44. The summed E-state index contributed by atoms with van der Waals surface area (Å²) in [6, 6.07) is 7.32. The van der Waals surface area contributed by atoms with Crippen LogP contribution in [0.2, 0.25) is 0 Å². The summed E-state index contributed by atoms with van der Waals surface area (Å²) in [5, 5.41) is 23.4. The van der Waals surface area contributed by atoms with Gasteiger partial charge in [0.15, 0.2) is 0 Å². The van der Waals surface area contributed by atoms with Crippen LogP contribution in [0.15, 0.2) is 24.3 Å². The molecule has 2 saturated heterocycles. The number of rotatable bonds is 6. The van der Waals surface area contributed by atoms with E-state index in [-0.39, 0.29) is 25.6 Å². The van der Waals surface area contributed by atoms with Gasteiger partial charge >= 0.3 is 6.18 Å². The highest BCUT2D eigenvalue weighted by molar-refractivity contribution is 5.90. The summed E-state index contributed by atoms with van der Waals surface area (Å²) in [6.45, 7) is 2.48. The Hall–Kier alpha value is -2.17. The molecule has 7 nitrogen and oxygen atoms in total. The smallest absolute Gasteiger partial charge is 0.396 e. The van der Waals surface area contributed by atoms with Crippen LogP contribution in [0, 0.1) is 10.8 Å². The summed E-state index contributed by atoms with van der Waals surface area (Å²) in [5.41, 5.74) is -2.35. The van der Waals surface area contributed by atoms with Crippen molar-refractivity contribution in [3.8, 4) is 0 Å². The SMILES string of the molecule is OC[C@@]12CN(c3nc(NCCN4CCC(O)CC4)nc4ccccc34)C[C@]1(C(F)(F)F)C2. The fourth-order valence-electron chi connectivity index (χ4n) is 5.46. The molecule has 1 saturated carbocycles. The lowest BCUT2D eigenvalue weighted by Crippen LogP contribution is -2.38. The molecule has 0 bridgehead atoms. The first kappa shape index (κ1) is 21.7. The van der Waals surface area contributed by atoms with E-state index in [0.717, 1.165) is 32.5 Å². The van der Waals surface area contributed by atoms with Crippen molar-refractivity contribution in [1.82, 2.24) is 14.9 Å². The Morgan fingerprint density at radius 2 is 1.88 bits per heavy atom. The van der Waals surface area contributed by atoms with E-state index in [9.17, 15) is 23.4 Å². The molecule has 0 spiro atoms. The fourth-order valence-corrected chi connectivity index (χ4v) is 5.46. The van der Waals surface area contributed by atoms with Crippen molar-refractivity contribution < 1.29 is 23.4 Å². The number of halogens is 3. The van der Waals surface area contributed by atoms with E-state index < -0.39 is 23.6 Å². The highest BCUT2D eigenvalue weighted by Gasteiger charge is 2.83. The van der Waals surface area contributed by atoms with Gasteiger partial charge in [0.1, 0.15) is 5.82 Å². The normalized spacial score (nSPS) is 28.8. The number of piperidine rings is 2. The zero-order valence-electron chi connectivity index (χ0n) is 17.8. The molecule has 3 fully saturated rings. The van der Waals surface area contributed by atoms with Crippen LogP contribution >= 0.6 is 0 Å². The topological polar surface area (TPSA) is 84.8 Å². The van der Waals surface area contributed by atoms with Gasteiger partial charge in [-0.1, -0.05) is 12.1 Å². The summed E-state index contributed by atoms with van der Waals surface area (Å²) < 4.78 is 41.6. The summed E-state index contributed by atoms with van der Waals surface area (Å²) in [5.74, 6) is 0.860. The quantitative estimate of drug-likeness (QED) is 0.621. The van der Waals surface area contributed by atoms with Crippen LogP contribution in [-0.4, -0.2) is 83.2 Å². The molecule has 1 aromatic heterocycles. The van der Waals surface area contributed by atoms with E-state index in [2.05, 4.69) is 20.2 Å². The van der Waals surface area contributed by atoms with Crippen molar-refractivity contribution in [2.45, 2.75) is 31.5 Å². The van der Waals surface area contributed by atoms with Gasteiger partial charge in [0.25, 0.3) is 0 Å². The number of fused-ring (bicyclic) bond motifs is 2. The summed E-state index contributed by atoms with van der Waals surface area (Å²) in [4.78, 5) is 13.1. The Labute approximate surface area is 184 Å². The third-order valence-corrected chi connectivity index (χ3v) is 7.48. The first-order valence-electron chi connectivity index (χ1n) is 11.1. The molecule has 2 aliphatic heterocycles. The van der Waals surface area contributed by atoms with Crippen LogP contribution in [0.3, 0.4) is 0 Å². The number of para-hydroxylation sites is 1. The lowest BCUT2D eigenvalue weighted by Gasteiger charge is -2.29. The number of aliphatic hydroxyl groups excluding tert-OH is 2. The number of anilines is 2. The van der Waals surface area contributed by atoms with Crippen LogP contribution < -0.4 is 10.2 Å². The molecular weight excluding hydrogens is 423 g/mol. The Morgan fingerprint density at radius 3 is 2.56 bits per heavy atom. The zero-order valence-corrected chi connectivity index (χ0v) is 17.8. The molecular formula is C22H28F3N5O2. The molecule has 0 unspecified atom stereocenters. The first-order chi connectivity index (χ1) is 15.3. The number of hydrogen-bond donors (Lipinski definition) is 3. The lowest BCUT2D eigenvalue weighted by molar-refractivity contribution is -0.192. The molecule has 1 aliphatic carbocycles. The Bertz CT molecular complexity index is 997. The number of aromatic nitrogens is 2. The number of nitrogens with one attached hydrogen (secondary N) is 1. The zero-order chi connectivity index (χ0) is 22.6. The van der Waals surface area contributed by atoms with Crippen LogP contribution in [0.4, 0.5) is 24.9 Å². The molecule has 1 aromatic carbocycles. The molecule has 3 heterocycles. The average Bonchev–Trinajstić information content (AvgIpc) is 3.31. The van der Waals surface area contributed by atoms with Gasteiger partial charge in [0.05, 0.1) is 23.6 Å². The highest BCUT2D eigenvalue weighted by Crippen LogP contribution is 2.74. The van der Waals surface area contributed by atoms with Crippen molar-refractivity contribution in [2.24, 2.45) is 10.8 Å². The molecule has 174 valence electrons.